The van der Waals surface area contributed by atoms with E-state index in [-0.39, 0.29) is 17.3 Å². The van der Waals surface area contributed by atoms with Crippen molar-refractivity contribution < 1.29 is 22.7 Å². The molecule has 7 nitrogen and oxygen atoms in total. The van der Waals surface area contributed by atoms with Gasteiger partial charge >= 0.3 is 0 Å². The molecular formula is C21H25BrN2O5S. The van der Waals surface area contributed by atoms with Crippen LogP contribution < -0.4 is 14.8 Å². The van der Waals surface area contributed by atoms with Crippen molar-refractivity contribution in [1.82, 2.24) is 9.62 Å². The number of carbonyl (C=O) groups excluding carboxylic acids is 1. The summed E-state index contributed by atoms with van der Waals surface area (Å²) in [4.78, 5) is 13.1. The van der Waals surface area contributed by atoms with E-state index in [0.717, 1.165) is 22.9 Å². The average molecular weight is 497 g/mol. The highest BCUT2D eigenvalue weighted by Crippen LogP contribution is 2.27. The van der Waals surface area contributed by atoms with Gasteiger partial charge in [0.1, 0.15) is 17.5 Å². The first-order valence-electron chi connectivity index (χ1n) is 9.63. The lowest BCUT2D eigenvalue weighted by atomic mass is 10.0. The fraction of sp³-hybridized carbons (Fsp3) is 0.381. The molecule has 1 aliphatic heterocycles. The van der Waals surface area contributed by atoms with Gasteiger partial charge in [-0.05, 0) is 49.2 Å². The number of halogens is 1. The fourth-order valence-electron chi connectivity index (χ4n) is 3.49. The molecule has 0 aromatic heterocycles. The number of hydrogen-bond acceptors (Lipinski definition) is 5. The van der Waals surface area contributed by atoms with E-state index < -0.39 is 16.1 Å². The van der Waals surface area contributed by atoms with Crippen molar-refractivity contribution in [2.45, 2.75) is 36.7 Å². The van der Waals surface area contributed by atoms with Gasteiger partial charge in [0, 0.05) is 29.2 Å². The molecule has 1 fully saturated rings. The Hall–Kier alpha value is -2.10. The summed E-state index contributed by atoms with van der Waals surface area (Å²) in [6.07, 6.45) is 2.02. The van der Waals surface area contributed by atoms with E-state index >= 15 is 0 Å². The van der Waals surface area contributed by atoms with Gasteiger partial charge in [0.15, 0.2) is 0 Å². The summed E-state index contributed by atoms with van der Waals surface area (Å²) < 4.78 is 39.0. The monoisotopic (exact) mass is 496 g/mol. The number of ether oxygens (including phenoxy) is 2. The van der Waals surface area contributed by atoms with Gasteiger partial charge in [0.25, 0.3) is 0 Å². The van der Waals surface area contributed by atoms with Crippen LogP contribution in [0.2, 0.25) is 0 Å². The second-order valence-electron chi connectivity index (χ2n) is 6.98. The zero-order valence-electron chi connectivity index (χ0n) is 16.9. The van der Waals surface area contributed by atoms with Crippen molar-refractivity contribution in [3.05, 3.63) is 52.5 Å². The van der Waals surface area contributed by atoms with Crippen LogP contribution in [-0.4, -0.2) is 45.4 Å². The van der Waals surface area contributed by atoms with Crippen molar-refractivity contribution in [3.8, 4) is 11.5 Å². The molecule has 0 radical (unpaired) electrons. The summed E-state index contributed by atoms with van der Waals surface area (Å²) >= 11 is 3.32. The summed E-state index contributed by atoms with van der Waals surface area (Å²) in [5.74, 6) is 0.937. The Kier molecular flexibility index (Phi) is 7.38. The molecule has 1 amide bonds. The first-order chi connectivity index (χ1) is 14.4. The van der Waals surface area contributed by atoms with Crippen LogP contribution in [0.15, 0.2) is 51.8 Å². The Morgan fingerprint density at radius 3 is 2.53 bits per heavy atom. The Balaban J connectivity index is 1.76. The molecule has 2 aromatic rings. The molecule has 0 bridgehead atoms. The minimum absolute atomic E-state index is 0.183. The van der Waals surface area contributed by atoms with Crippen molar-refractivity contribution in [1.29, 1.82) is 0 Å². The van der Waals surface area contributed by atoms with Gasteiger partial charge in [-0.2, -0.15) is 4.31 Å². The maximum Gasteiger partial charge on any atom is 0.243 e. The summed E-state index contributed by atoms with van der Waals surface area (Å²) in [6, 6.07) is 11.1. The molecular weight excluding hydrogens is 472 g/mol. The number of rotatable bonds is 7. The third kappa shape index (κ3) is 4.96. The third-order valence-corrected chi connectivity index (χ3v) is 7.57. The van der Waals surface area contributed by atoms with Crippen molar-refractivity contribution >= 4 is 31.9 Å². The number of carbonyl (C=O) groups is 1. The first kappa shape index (κ1) is 22.6. The Bertz CT molecular complexity index is 995. The minimum Gasteiger partial charge on any atom is -0.497 e. The minimum atomic E-state index is -3.77. The van der Waals surface area contributed by atoms with Gasteiger partial charge in [0.2, 0.25) is 15.9 Å². The second kappa shape index (κ2) is 9.80. The molecule has 0 saturated carbocycles. The van der Waals surface area contributed by atoms with E-state index in [0.29, 0.717) is 24.5 Å². The molecule has 1 N–H and O–H groups in total. The smallest absolute Gasteiger partial charge is 0.243 e. The molecule has 0 aliphatic carbocycles. The topological polar surface area (TPSA) is 84.9 Å². The quantitative estimate of drug-likeness (QED) is 0.635. The SMILES string of the molecule is COc1ccc(CNC(=O)C2CCCCN2S(=O)(=O)c2ccc(Br)cc2)c(OC)c1. The summed E-state index contributed by atoms with van der Waals surface area (Å²) in [5, 5.41) is 2.87. The van der Waals surface area contributed by atoms with Crippen LogP contribution in [0.1, 0.15) is 24.8 Å². The predicted octanol–water partition coefficient (Wildman–Crippen LogP) is 3.33. The number of benzene rings is 2. The molecule has 1 aliphatic rings. The molecule has 3 rings (SSSR count). The van der Waals surface area contributed by atoms with Crippen LogP contribution >= 0.6 is 15.9 Å². The highest BCUT2D eigenvalue weighted by molar-refractivity contribution is 9.10. The standard InChI is InChI=1S/C21H25BrN2O5S/c1-28-17-9-6-15(20(13-17)29-2)14-23-21(25)19-5-3-4-12-24(19)30(26,27)18-10-7-16(22)8-11-18/h6-11,13,19H,3-5,12,14H2,1-2H3,(H,23,25). The number of nitrogens with zero attached hydrogens (tertiary/aromatic N) is 1. The van der Waals surface area contributed by atoms with Crippen LogP contribution in [0.25, 0.3) is 0 Å². The van der Waals surface area contributed by atoms with E-state index in [4.69, 9.17) is 9.47 Å². The fourth-order valence-corrected chi connectivity index (χ4v) is 5.42. The van der Waals surface area contributed by atoms with Crippen LogP contribution in [0.5, 0.6) is 11.5 Å². The number of hydrogen-bond donors (Lipinski definition) is 1. The molecule has 30 heavy (non-hydrogen) atoms. The van der Waals surface area contributed by atoms with E-state index in [1.807, 2.05) is 6.07 Å². The lowest BCUT2D eigenvalue weighted by Gasteiger charge is -2.33. The highest BCUT2D eigenvalue weighted by atomic mass is 79.9. The molecule has 1 unspecified atom stereocenters. The summed E-state index contributed by atoms with van der Waals surface area (Å²) in [6.45, 7) is 0.553. The number of sulfonamides is 1. The zero-order valence-corrected chi connectivity index (χ0v) is 19.3. The van der Waals surface area contributed by atoms with Gasteiger partial charge in [-0.3, -0.25) is 4.79 Å². The number of methoxy groups -OCH3 is 2. The molecule has 1 saturated heterocycles. The van der Waals surface area contributed by atoms with Gasteiger partial charge in [-0.1, -0.05) is 22.4 Å². The molecule has 162 valence electrons. The van der Waals surface area contributed by atoms with Gasteiger partial charge in [0.05, 0.1) is 19.1 Å². The summed E-state index contributed by atoms with van der Waals surface area (Å²) in [5.41, 5.74) is 0.782. The zero-order chi connectivity index (χ0) is 21.7. The lowest BCUT2D eigenvalue weighted by Crippen LogP contribution is -2.51. The number of piperidine rings is 1. The van der Waals surface area contributed by atoms with Crippen LogP contribution in [-0.2, 0) is 21.4 Å². The maximum absolute atomic E-state index is 13.2. The van der Waals surface area contributed by atoms with Gasteiger partial charge < -0.3 is 14.8 Å². The highest BCUT2D eigenvalue weighted by Gasteiger charge is 2.37. The second-order valence-corrected chi connectivity index (χ2v) is 9.78. The van der Waals surface area contributed by atoms with Crippen LogP contribution in [0.4, 0.5) is 0 Å². The van der Waals surface area contributed by atoms with Crippen molar-refractivity contribution in [3.63, 3.8) is 0 Å². The van der Waals surface area contributed by atoms with E-state index in [2.05, 4.69) is 21.2 Å². The average Bonchev–Trinajstić information content (AvgIpc) is 2.77. The normalized spacial score (nSPS) is 17.4. The van der Waals surface area contributed by atoms with E-state index in [1.54, 1.807) is 50.6 Å². The van der Waals surface area contributed by atoms with Crippen molar-refractivity contribution in [2.75, 3.05) is 20.8 Å². The predicted molar refractivity (Wildman–Crippen MR) is 117 cm³/mol. The Morgan fingerprint density at radius 2 is 1.87 bits per heavy atom. The first-order valence-corrected chi connectivity index (χ1v) is 11.9. The maximum atomic E-state index is 13.2. The molecule has 1 heterocycles. The number of amides is 1. The molecule has 1 atom stereocenters. The largest absolute Gasteiger partial charge is 0.497 e. The van der Waals surface area contributed by atoms with E-state index in [9.17, 15) is 13.2 Å². The van der Waals surface area contributed by atoms with Crippen molar-refractivity contribution in [2.24, 2.45) is 0 Å². The third-order valence-electron chi connectivity index (χ3n) is 5.12. The molecule has 0 spiro atoms. The Labute approximate surface area is 185 Å². The molecule has 9 heteroatoms. The van der Waals surface area contributed by atoms with Gasteiger partial charge in [-0.15, -0.1) is 0 Å². The van der Waals surface area contributed by atoms with Gasteiger partial charge in [-0.25, -0.2) is 8.42 Å². The van der Waals surface area contributed by atoms with Crippen LogP contribution in [0.3, 0.4) is 0 Å². The number of nitrogens with one attached hydrogen (secondary N) is 1. The summed E-state index contributed by atoms with van der Waals surface area (Å²) in [7, 11) is -0.649. The van der Waals surface area contributed by atoms with E-state index in [1.165, 1.54) is 4.31 Å². The molecule has 2 aromatic carbocycles. The Morgan fingerprint density at radius 1 is 1.13 bits per heavy atom. The lowest BCUT2D eigenvalue weighted by molar-refractivity contribution is -0.125. The van der Waals surface area contributed by atoms with Crippen LogP contribution in [0, 0.1) is 0 Å².